The number of amides is 1. The van der Waals surface area contributed by atoms with Gasteiger partial charge in [0, 0.05) is 5.41 Å². The van der Waals surface area contributed by atoms with Crippen molar-refractivity contribution >= 4 is 18.3 Å². The molecule has 164 valence electrons. The summed E-state index contributed by atoms with van der Waals surface area (Å²) in [5.41, 5.74) is 5.08. The van der Waals surface area contributed by atoms with Crippen molar-refractivity contribution in [3.8, 4) is 0 Å². The van der Waals surface area contributed by atoms with Crippen molar-refractivity contribution in [3.63, 3.8) is 0 Å². The van der Waals surface area contributed by atoms with Gasteiger partial charge in [-0.2, -0.15) is 0 Å². The molecule has 0 aliphatic carbocycles. The largest absolute Gasteiger partial charge is 0.369 e. The lowest BCUT2D eigenvalue weighted by Gasteiger charge is -2.19. The zero-order valence-corrected chi connectivity index (χ0v) is 19.6. The van der Waals surface area contributed by atoms with Crippen LogP contribution in [0.3, 0.4) is 0 Å². The molecule has 0 aromatic rings. The van der Waals surface area contributed by atoms with Crippen molar-refractivity contribution < 1.29 is 4.79 Å². The van der Waals surface area contributed by atoms with E-state index in [2.05, 4.69) is 6.92 Å². The Morgan fingerprint density at radius 1 is 0.593 bits per heavy atom. The first-order valence-electron chi connectivity index (χ1n) is 11.8. The minimum atomic E-state index is -0.324. The third kappa shape index (κ3) is 20.3. The topological polar surface area (TPSA) is 43.1 Å². The highest BCUT2D eigenvalue weighted by molar-refractivity contribution is 5.85. The van der Waals surface area contributed by atoms with Gasteiger partial charge in [-0.3, -0.25) is 4.79 Å². The van der Waals surface area contributed by atoms with E-state index in [1.54, 1.807) is 0 Å². The van der Waals surface area contributed by atoms with E-state index in [-0.39, 0.29) is 23.7 Å². The zero-order valence-electron chi connectivity index (χ0n) is 18.8. The maximum atomic E-state index is 11.3. The van der Waals surface area contributed by atoms with Crippen LogP contribution in [0.4, 0.5) is 0 Å². The Balaban J connectivity index is 0. The van der Waals surface area contributed by atoms with Crippen LogP contribution in [0.15, 0.2) is 0 Å². The molecule has 0 aliphatic rings. The van der Waals surface area contributed by atoms with Gasteiger partial charge in [-0.25, -0.2) is 0 Å². The Morgan fingerprint density at radius 3 is 1.11 bits per heavy atom. The second-order valence-corrected chi connectivity index (χ2v) is 9.01. The van der Waals surface area contributed by atoms with E-state index in [0.717, 1.165) is 12.8 Å². The fourth-order valence-corrected chi connectivity index (χ4v) is 3.59. The van der Waals surface area contributed by atoms with E-state index in [1.165, 1.54) is 109 Å². The summed E-state index contributed by atoms with van der Waals surface area (Å²) in [5.74, 6) is -0.163. The number of hydrogen-bond acceptors (Lipinski definition) is 1. The van der Waals surface area contributed by atoms with Gasteiger partial charge in [0.15, 0.2) is 0 Å². The number of rotatable bonds is 20. The van der Waals surface area contributed by atoms with E-state index in [0.29, 0.717) is 0 Å². The molecule has 0 spiro atoms. The summed E-state index contributed by atoms with van der Waals surface area (Å²) in [4.78, 5) is 11.3. The number of nitrogens with two attached hydrogens (primary N) is 1. The second-order valence-electron chi connectivity index (χ2n) is 9.01. The molecule has 0 aromatic heterocycles. The maximum absolute atomic E-state index is 11.3. The first kappa shape index (κ1) is 29.0. The van der Waals surface area contributed by atoms with Crippen LogP contribution in [0.2, 0.25) is 0 Å². The normalized spacial score (nSPS) is 11.4. The molecular weight excluding hydrogens is 354 g/mol. The van der Waals surface area contributed by atoms with E-state index in [4.69, 9.17) is 5.73 Å². The lowest BCUT2D eigenvalue weighted by molar-refractivity contribution is -0.126. The molecule has 27 heavy (non-hydrogen) atoms. The van der Waals surface area contributed by atoms with Crippen molar-refractivity contribution in [1.82, 2.24) is 0 Å². The Labute approximate surface area is 177 Å². The number of carbonyl (C=O) groups is 1. The number of hydrogen-bond donors (Lipinski definition) is 1. The van der Waals surface area contributed by atoms with Gasteiger partial charge < -0.3 is 5.73 Å². The zero-order chi connectivity index (χ0) is 19.5. The Morgan fingerprint density at radius 2 is 0.852 bits per heavy atom. The molecular formula is C24H50ClNO. The monoisotopic (exact) mass is 403 g/mol. The lowest BCUT2D eigenvalue weighted by Crippen LogP contribution is -2.31. The summed E-state index contributed by atoms with van der Waals surface area (Å²) in [6.45, 7) is 6.21. The predicted molar refractivity (Wildman–Crippen MR) is 124 cm³/mol. The van der Waals surface area contributed by atoms with E-state index in [9.17, 15) is 4.79 Å². The molecule has 0 bridgehead atoms. The molecule has 1 amide bonds. The van der Waals surface area contributed by atoms with E-state index < -0.39 is 0 Å². The molecule has 0 heterocycles. The van der Waals surface area contributed by atoms with Gasteiger partial charge in [-0.15, -0.1) is 12.4 Å². The predicted octanol–water partition coefficient (Wildman–Crippen LogP) is 8.35. The third-order valence-corrected chi connectivity index (χ3v) is 5.82. The van der Waals surface area contributed by atoms with Gasteiger partial charge in [-0.1, -0.05) is 136 Å². The summed E-state index contributed by atoms with van der Waals surface area (Å²) < 4.78 is 0. The summed E-state index contributed by atoms with van der Waals surface area (Å²) in [6.07, 6.45) is 26.0. The highest BCUT2D eigenvalue weighted by atomic mass is 35.5. The first-order valence-corrected chi connectivity index (χ1v) is 11.8. The molecule has 0 saturated heterocycles. The summed E-state index contributed by atoms with van der Waals surface area (Å²) in [7, 11) is 0. The molecule has 0 radical (unpaired) electrons. The van der Waals surface area contributed by atoms with Crippen LogP contribution in [-0.4, -0.2) is 5.91 Å². The van der Waals surface area contributed by atoms with E-state index >= 15 is 0 Å². The fourth-order valence-electron chi connectivity index (χ4n) is 3.59. The lowest BCUT2D eigenvalue weighted by atomic mass is 9.86. The molecule has 0 saturated carbocycles. The van der Waals surface area contributed by atoms with Gasteiger partial charge in [0.25, 0.3) is 0 Å². The van der Waals surface area contributed by atoms with Crippen LogP contribution in [0.1, 0.15) is 143 Å². The highest BCUT2D eigenvalue weighted by Gasteiger charge is 2.23. The van der Waals surface area contributed by atoms with Crippen molar-refractivity contribution in [2.45, 2.75) is 143 Å². The number of unbranched alkanes of at least 4 members (excludes halogenated alkanes) is 17. The molecule has 0 aromatic carbocycles. The molecule has 0 unspecified atom stereocenters. The van der Waals surface area contributed by atoms with E-state index in [1.807, 2.05) is 13.8 Å². The standard InChI is InChI=1S/C24H49NO.ClH/c1-4-5-6-7-8-9-10-11-12-13-14-15-16-17-18-19-20-21-22-24(2,3)23(25)26;/h4-22H2,1-3H3,(H2,25,26);1H. The number of carbonyl (C=O) groups excluding carboxylic acids is 1. The first-order chi connectivity index (χ1) is 12.5. The molecule has 2 N–H and O–H groups in total. The SMILES string of the molecule is CCCCCCCCCCCCCCCCCCCCC(C)(C)C(N)=O.Cl. The Hall–Kier alpha value is -0.240. The van der Waals surface area contributed by atoms with Crippen molar-refractivity contribution in [1.29, 1.82) is 0 Å². The van der Waals surface area contributed by atoms with Gasteiger partial charge in [0.1, 0.15) is 0 Å². The summed E-state index contributed by atoms with van der Waals surface area (Å²) >= 11 is 0. The van der Waals surface area contributed by atoms with Crippen molar-refractivity contribution in [2.24, 2.45) is 11.1 Å². The molecule has 3 heteroatoms. The minimum absolute atomic E-state index is 0. The average molecular weight is 404 g/mol. The minimum Gasteiger partial charge on any atom is -0.369 e. The quantitative estimate of drug-likeness (QED) is 0.204. The number of primary amides is 1. The van der Waals surface area contributed by atoms with Gasteiger partial charge in [-0.05, 0) is 6.42 Å². The Bertz CT molecular complexity index is 318. The smallest absolute Gasteiger partial charge is 0.223 e. The van der Waals surface area contributed by atoms with Crippen LogP contribution in [0.5, 0.6) is 0 Å². The van der Waals surface area contributed by atoms with Crippen LogP contribution in [0, 0.1) is 5.41 Å². The third-order valence-electron chi connectivity index (χ3n) is 5.82. The Kier molecular flexibility index (Phi) is 22.0. The van der Waals surface area contributed by atoms with Crippen molar-refractivity contribution in [2.75, 3.05) is 0 Å². The number of halogens is 1. The molecule has 0 rings (SSSR count). The molecule has 0 aliphatic heterocycles. The van der Waals surface area contributed by atoms with Gasteiger partial charge >= 0.3 is 0 Å². The fraction of sp³-hybridized carbons (Fsp3) is 0.958. The highest BCUT2D eigenvalue weighted by Crippen LogP contribution is 2.23. The summed E-state index contributed by atoms with van der Waals surface area (Å²) in [6, 6.07) is 0. The van der Waals surface area contributed by atoms with Crippen LogP contribution in [0.25, 0.3) is 0 Å². The van der Waals surface area contributed by atoms with Crippen LogP contribution in [-0.2, 0) is 4.79 Å². The van der Waals surface area contributed by atoms with Gasteiger partial charge in [0.2, 0.25) is 5.91 Å². The molecule has 0 fully saturated rings. The molecule has 2 nitrogen and oxygen atoms in total. The van der Waals surface area contributed by atoms with Crippen molar-refractivity contribution in [3.05, 3.63) is 0 Å². The van der Waals surface area contributed by atoms with Crippen LogP contribution >= 0.6 is 12.4 Å². The molecule has 0 atom stereocenters. The average Bonchev–Trinajstić information content (AvgIpc) is 2.60. The second kappa shape index (κ2) is 20.5. The maximum Gasteiger partial charge on any atom is 0.223 e. The van der Waals surface area contributed by atoms with Crippen LogP contribution < -0.4 is 5.73 Å². The van der Waals surface area contributed by atoms with Gasteiger partial charge in [0.05, 0.1) is 0 Å². The summed E-state index contributed by atoms with van der Waals surface area (Å²) in [5, 5.41) is 0.